The average molecular weight is 570 g/mol. The third kappa shape index (κ3) is 28.5. The molecule has 0 fully saturated rings. The Balaban J connectivity index is 3.68. The Bertz CT molecular complexity index is 835. The summed E-state index contributed by atoms with van der Waals surface area (Å²) in [5, 5.41) is 12.2. The highest BCUT2D eigenvalue weighted by atomic mass is 31.2. The SMILES string of the molecule is CC/C=C\C/C=C\C/C=C\C/C=C\C/C=C\CCCCCC(=O)OCC(O)COP(=O)(O)OCCNC(C)=O. The Labute approximate surface area is 234 Å². The zero-order valence-corrected chi connectivity index (χ0v) is 24.4. The topological polar surface area (TPSA) is 131 Å². The minimum Gasteiger partial charge on any atom is -0.463 e. The van der Waals surface area contributed by atoms with Gasteiger partial charge >= 0.3 is 13.8 Å². The van der Waals surface area contributed by atoms with Gasteiger partial charge in [-0.25, -0.2) is 4.57 Å². The lowest BCUT2D eigenvalue weighted by atomic mass is 10.1. The quantitative estimate of drug-likeness (QED) is 0.0570. The largest absolute Gasteiger partial charge is 0.472 e. The van der Waals surface area contributed by atoms with Crippen molar-refractivity contribution in [2.75, 3.05) is 26.4 Å². The lowest BCUT2D eigenvalue weighted by Crippen LogP contribution is -2.25. The number of ether oxygens (including phenoxy) is 1. The van der Waals surface area contributed by atoms with E-state index in [2.05, 4.69) is 82.0 Å². The Kier molecular flexibility index (Phi) is 24.4. The number of rotatable bonds is 24. The van der Waals surface area contributed by atoms with E-state index in [1.807, 2.05) is 0 Å². The third-order valence-electron chi connectivity index (χ3n) is 5.01. The fraction of sp³-hybridized carbons (Fsp3) is 0.586. The molecule has 0 bridgehead atoms. The molecule has 0 aliphatic rings. The number of aliphatic hydroxyl groups is 1. The second-order valence-electron chi connectivity index (χ2n) is 8.72. The zero-order valence-electron chi connectivity index (χ0n) is 23.5. The van der Waals surface area contributed by atoms with E-state index in [1.54, 1.807) is 0 Å². The summed E-state index contributed by atoms with van der Waals surface area (Å²) in [6, 6.07) is 0. The van der Waals surface area contributed by atoms with Gasteiger partial charge in [-0.05, 0) is 51.4 Å². The van der Waals surface area contributed by atoms with E-state index >= 15 is 0 Å². The van der Waals surface area contributed by atoms with Crippen LogP contribution in [-0.4, -0.2) is 54.3 Å². The normalized spacial score (nSPS) is 14.7. The predicted octanol–water partition coefficient (Wildman–Crippen LogP) is 5.86. The van der Waals surface area contributed by atoms with Gasteiger partial charge in [0.05, 0.1) is 13.2 Å². The Morgan fingerprint density at radius 2 is 1.38 bits per heavy atom. The van der Waals surface area contributed by atoms with Crippen molar-refractivity contribution in [3.63, 3.8) is 0 Å². The molecule has 39 heavy (non-hydrogen) atoms. The first kappa shape index (κ1) is 36.7. The molecule has 3 N–H and O–H groups in total. The number of phosphoric ester groups is 1. The minimum atomic E-state index is -4.37. The molecular weight excluding hydrogens is 521 g/mol. The second-order valence-corrected chi connectivity index (χ2v) is 10.2. The van der Waals surface area contributed by atoms with E-state index in [0.717, 1.165) is 51.4 Å². The number of carbonyl (C=O) groups is 2. The van der Waals surface area contributed by atoms with Crippen LogP contribution in [0.3, 0.4) is 0 Å². The van der Waals surface area contributed by atoms with Crippen molar-refractivity contribution in [3.05, 3.63) is 60.8 Å². The average Bonchev–Trinajstić information content (AvgIpc) is 2.90. The van der Waals surface area contributed by atoms with Crippen LogP contribution in [0, 0.1) is 0 Å². The molecule has 0 rings (SSSR count). The maximum atomic E-state index is 11.8. The molecule has 0 aromatic rings. The zero-order chi connectivity index (χ0) is 29.0. The molecule has 2 atom stereocenters. The number of aliphatic hydroxyl groups excluding tert-OH is 1. The lowest BCUT2D eigenvalue weighted by molar-refractivity contribution is -0.147. The standard InChI is InChI=1S/C29H48NO8P/c1-3-4-5-6-7-8-9-10-11-12-13-14-15-16-17-18-19-20-21-22-29(33)36-25-28(32)26-38-39(34,35)37-24-23-30-27(2)31/h4-5,7-8,10-11,13-14,16-17,28,32H,3,6,9,12,15,18-26H2,1-2H3,(H,30,31)(H,34,35)/b5-4-,8-7-,11-10-,14-13-,17-16-. The molecule has 0 saturated carbocycles. The summed E-state index contributed by atoms with van der Waals surface area (Å²) in [5.74, 6) is -0.738. The summed E-state index contributed by atoms with van der Waals surface area (Å²) in [5.41, 5.74) is 0. The number of allylic oxidation sites excluding steroid dienone is 10. The van der Waals surface area contributed by atoms with Crippen LogP contribution in [0.2, 0.25) is 0 Å². The van der Waals surface area contributed by atoms with Crippen LogP contribution in [0.15, 0.2) is 60.8 Å². The van der Waals surface area contributed by atoms with Gasteiger partial charge in [-0.1, -0.05) is 74.1 Å². The van der Waals surface area contributed by atoms with Gasteiger partial charge in [0.15, 0.2) is 0 Å². The van der Waals surface area contributed by atoms with Gasteiger partial charge in [-0.3, -0.25) is 18.6 Å². The molecule has 0 aromatic heterocycles. The van der Waals surface area contributed by atoms with E-state index in [9.17, 15) is 24.2 Å². The van der Waals surface area contributed by atoms with Crippen LogP contribution in [0.1, 0.15) is 78.1 Å². The number of hydrogen-bond donors (Lipinski definition) is 3. The summed E-state index contributed by atoms with van der Waals surface area (Å²) < 4.78 is 25.9. The van der Waals surface area contributed by atoms with Gasteiger partial charge < -0.3 is 20.1 Å². The van der Waals surface area contributed by atoms with Gasteiger partial charge in [0.2, 0.25) is 5.91 Å². The number of phosphoric acid groups is 1. The second kappa shape index (κ2) is 26.0. The highest BCUT2D eigenvalue weighted by Crippen LogP contribution is 2.42. The molecule has 0 aliphatic heterocycles. The fourth-order valence-corrected chi connectivity index (χ4v) is 3.75. The molecule has 1 amide bonds. The Morgan fingerprint density at radius 1 is 0.821 bits per heavy atom. The number of unbranched alkanes of at least 4 members (excludes halogenated alkanes) is 3. The first-order chi connectivity index (χ1) is 18.8. The first-order valence-corrected chi connectivity index (χ1v) is 15.2. The van der Waals surface area contributed by atoms with E-state index in [4.69, 9.17) is 4.74 Å². The van der Waals surface area contributed by atoms with E-state index in [1.165, 1.54) is 6.92 Å². The Morgan fingerprint density at radius 3 is 1.95 bits per heavy atom. The van der Waals surface area contributed by atoms with Crippen molar-refractivity contribution in [2.45, 2.75) is 84.2 Å². The fourth-order valence-electron chi connectivity index (χ4n) is 2.99. The van der Waals surface area contributed by atoms with E-state index < -0.39 is 26.5 Å². The molecule has 2 unspecified atom stereocenters. The number of nitrogens with one attached hydrogen (secondary N) is 1. The maximum absolute atomic E-state index is 11.8. The van der Waals surface area contributed by atoms with Crippen molar-refractivity contribution < 1.29 is 37.9 Å². The first-order valence-electron chi connectivity index (χ1n) is 13.7. The monoisotopic (exact) mass is 569 g/mol. The highest BCUT2D eigenvalue weighted by Gasteiger charge is 2.23. The van der Waals surface area contributed by atoms with Gasteiger partial charge in [-0.15, -0.1) is 0 Å². The predicted molar refractivity (Wildman–Crippen MR) is 155 cm³/mol. The van der Waals surface area contributed by atoms with Crippen molar-refractivity contribution >= 4 is 19.7 Å². The smallest absolute Gasteiger partial charge is 0.463 e. The summed E-state index contributed by atoms with van der Waals surface area (Å²) >= 11 is 0. The summed E-state index contributed by atoms with van der Waals surface area (Å²) in [6.07, 6.45) is 29.1. The van der Waals surface area contributed by atoms with Crippen LogP contribution in [0.5, 0.6) is 0 Å². The molecule has 0 saturated heterocycles. The molecule has 0 heterocycles. The summed E-state index contributed by atoms with van der Waals surface area (Å²) in [4.78, 5) is 32.0. The molecule has 0 aliphatic carbocycles. The molecule has 9 nitrogen and oxygen atoms in total. The third-order valence-corrected chi connectivity index (χ3v) is 5.99. The van der Waals surface area contributed by atoms with Crippen LogP contribution in [0.25, 0.3) is 0 Å². The maximum Gasteiger partial charge on any atom is 0.472 e. The van der Waals surface area contributed by atoms with Crippen LogP contribution in [0.4, 0.5) is 0 Å². The number of esters is 1. The minimum absolute atomic E-state index is 0.0473. The van der Waals surface area contributed by atoms with Gasteiger partial charge in [0.25, 0.3) is 0 Å². The molecule has 0 aromatic carbocycles. The van der Waals surface area contributed by atoms with Crippen LogP contribution in [-0.2, 0) is 27.9 Å². The van der Waals surface area contributed by atoms with Gasteiger partial charge in [0.1, 0.15) is 12.7 Å². The van der Waals surface area contributed by atoms with Crippen LogP contribution >= 0.6 is 7.82 Å². The van der Waals surface area contributed by atoms with E-state index in [0.29, 0.717) is 6.42 Å². The molecule has 0 spiro atoms. The van der Waals surface area contributed by atoms with Crippen molar-refractivity contribution in [1.29, 1.82) is 0 Å². The summed E-state index contributed by atoms with van der Waals surface area (Å²) in [6.45, 7) is 2.39. The number of carbonyl (C=O) groups excluding carboxylic acids is 2. The lowest BCUT2D eigenvalue weighted by Gasteiger charge is -2.15. The molecule has 0 radical (unpaired) electrons. The molecular formula is C29H48NO8P. The Hall–Kier alpha value is -2.29. The van der Waals surface area contributed by atoms with Crippen molar-refractivity contribution in [3.8, 4) is 0 Å². The molecule has 10 heteroatoms. The van der Waals surface area contributed by atoms with Crippen molar-refractivity contribution in [1.82, 2.24) is 5.32 Å². The van der Waals surface area contributed by atoms with Crippen molar-refractivity contribution in [2.24, 2.45) is 0 Å². The highest BCUT2D eigenvalue weighted by molar-refractivity contribution is 7.47. The van der Waals surface area contributed by atoms with Gasteiger partial charge in [-0.2, -0.15) is 0 Å². The van der Waals surface area contributed by atoms with E-state index in [-0.39, 0.29) is 32.1 Å². The molecule has 222 valence electrons. The van der Waals surface area contributed by atoms with Gasteiger partial charge in [0, 0.05) is 19.9 Å². The number of hydrogen-bond acceptors (Lipinski definition) is 7. The number of amides is 1. The summed E-state index contributed by atoms with van der Waals surface area (Å²) in [7, 11) is -4.37. The van der Waals surface area contributed by atoms with Crippen LogP contribution < -0.4 is 5.32 Å².